The van der Waals surface area contributed by atoms with E-state index in [0.717, 1.165) is 11.4 Å². The highest BCUT2D eigenvalue weighted by molar-refractivity contribution is 5.82. The topological polar surface area (TPSA) is 37.1 Å². The molecule has 0 spiro atoms. The Morgan fingerprint density at radius 3 is 1.61 bits per heavy atom. The van der Waals surface area contributed by atoms with Crippen LogP contribution in [0.4, 0.5) is 11.4 Å². The van der Waals surface area contributed by atoms with E-state index in [1.807, 2.05) is 60.7 Å². The average molecular weight is 259 g/mol. The lowest BCUT2D eigenvalue weighted by Gasteiger charge is -2.20. The molecule has 0 amide bonds. The molecule has 18 heavy (non-hydrogen) atoms. The Balaban J connectivity index is 0.00000120. The highest BCUT2D eigenvalue weighted by Gasteiger charge is 2.36. The summed E-state index contributed by atoms with van der Waals surface area (Å²) in [6, 6.07) is 20.0. The van der Waals surface area contributed by atoms with Crippen molar-refractivity contribution < 1.29 is 12.4 Å². The Bertz CT molecular complexity index is 513. The summed E-state index contributed by atoms with van der Waals surface area (Å²) in [6.45, 7) is 0. The van der Waals surface area contributed by atoms with Crippen LogP contribution in [0.2, 0.25) is 0 Å². The largest absolute Gasteiger partial charge is 1.00 e. The molecule has 2 aromatic carbocycles. The fraction of sp³-hybridized carbons (Fsp3) is 0. The van der Waals surface area contributed by atoms with E-state index in [2.05, 4.69) is 15.5 Å². The van der Waals surface area contributed by atoms with Gasteiger partial charge in [-0.3, -0.25) is 0 Å². The second-order valence-corrected chi connectivity index (χ2v) is 3.77. The third-order valence-corrected chi connectivity index (χ3v) is 2.75. The Hall–Kier alpha value is -2.04. The van der Waals surface area contributed by atoms with Crippen LogP contribution in [0.15, 0.2) is 76.2 Å². The van der Waals surface area contributed by atoms with Crippen molar-refractivity contribution in [2.45, 2.75) is 0 Å². The van der Waals surface area contributed by atoms with Crippen molar-refractivity contribution in [2.75, 3.05) is 0 Å². The normalized spacial score (nSPS) is 15.3. The summed E-state index contributed by atoms with van der Waals surface area (Å²) < 4.78 is 0.196. The van der Waals surface area contributed by atoms with E-state index in [-0.39, 0.29) is 17.0 Å². The summed E-state index contributed by atoms with van der Waals surface area (Å²) in [4.78, 5) is 0. The van der Waals surface area contributed by atoms with E-state index < -0.39 is 0 Å². The van der Waals surface area contributed by atoms with Crippen LogP contribution >= 0.6 is 0 Å². The summed E-state index contributed by atoms with van der Waals surface area (Å²) in [5.74, 6) is 0. The van der Waals surface area contributed by atoms with Gasteiger partial charge >= 0.3 is 0 Å². The van der Waals surface area contributed by atoms with Crippen molar-refractivity contribution in [1.29, 1.82) is 0 Å². The number of hydrogen-bond acceptors (Lipinski definition) is 3. The first-order valence-electron chi connectivity index (χ1n) is 5.38. The van der Waals surface area contributed by atoms with Crippen molar-refractivity contribution in [3.8, 4) is 0 Å². The molecule has 4 nitrogen and oxygen atoms in total. The number of hydrogen-bond donors (Lipinski definition) is 0. The fourth-order valence-corrected chi connectivity index (χ4v) is 1.90. The van der Waals surface area contributed by atoms with Gasteiger partial charge in [0, 0.05) is 29.5 Å². The number of para-hydroxylation sites is 2. The van der Waals surface area contributed by atoms with Crippen LogP contribution in [0.25, 0.3) is 0 Å². The van der Waals surface area contributed by atoms with Crippen LogP contribution in [-0.4, -0.2) is 6.34 Å². The molecule has 0 saturated heterocycles. The maximum atomic E-state index is 4.25. The van der Waals surface area contributed by atoms with Gasteiger partial charge in [0.25, 0.3) is 0 Å². The maximum absolute atomic E-state index is 4.25. The molecule has 1 aliphatic rings. The zero-order chi connectivity index (χ0) is 11.6. The van der Waals surface area contributed by atoms with Gasteiger partial charge in [0.05, 0.1) is 5.22 Å². The molecule has 0 N–H and O–H groups in total. The van der Waals surface area contributed by atoms with Crippen LogP contribution in [-0.2, 0) is 0 Å². The van der Waals surface area contributed by atoms with Crippen LogP contribution in [0.5, 0.6) is 0 Å². The molecular formula is C13H11ClN4. The van der Waals surface area contributed by atoms with Gasteiger partial charge in [-0.2, -0.15) is 0 Å². The smallest absolute Gasteiger partial charge is 0.250 e. The first-order chi connectivity index (χ1) is 8.42. The van der Waals surface area contributed by atoms with Crippen LogP contribution in [0, 0.1) is 0 Å². The first-order valence-corrected chi connectivity index (χ1v) is 5.38. The highest BCUT2D eigenvalue weighted by Crippen LogP contribution is 2.35. The van der Waals surface area contributed by atoms with Gasteiger partial charge in [0.2, 0.25) is 6.34 Å². The molecule has 2 aromatic rings. The summed E-state index contributed by atoms with van der Waals surface area (Å²) in [5.41, 5.74) is 2.03. The molecule has 0 aliphatic carbocycles. The molecule has 3 rings (SSSR count). The minimum Gasteiger partial charge on any atom is -1.00 e. The number of rotatable bonds is 2. The molecule has 1 heterocycles. The quantitative estimate of drug-likeness (QED) is 0.710. The summed E-state index contributed by atoms with van der Waals surface area (Å²) >= 11 is 0. The van der Waals surface area contributed by atoms with Gasteiger partial charge in [0.15, 0.2) is 11.4 Å². The summed E-state index contributed by atoms with van der Waals surface area (Å²) in [5, 5.41) is 11.9. The Morgan fingerprint density at radius 1 is 0.722 bits per heavy atom. The van der Waals surface area contributed by atoms with Gasteiger partial charge in [-0.05, 0) is 0 Å². The van der Waals surface area contributed by atoms with E-state index >= 15 is 0 Å². The first kappa shape index (κ1) is 12.4. The second kappa shape index (κ2) is 5.08. The van der Waals surface area contributed by atoms with Gasteiger partial charge in [-0.25, -0.2) is 0 Å². The standard InChI is InChI=1S/C13H11N4.ClH/c1-3-7-12(8-4-1)17(11-14-15-16-17)13-9-5-2-6-10-13;/h1-11H;1H/q+1;/p-1. The molecule has 90 valence electrons. The average Bonchev–Trinajstić information content (AvgIpc) is 2.91. The van der Waals surface area contributed by atoms with Crippen molar-refractivity contribution in [2.24, 2.45) is 15.5 Å². The van der Waals surface area contributed by atoms with E-state index in [1.54, 1.807) is 6.34 Å². The SMILES string of the molecule is C1=NN=N[N+]1(c1ccccc1)c1ccccc1.[Cl-]. The highest BCUT2D eigenvalue weighted by atomic mass is 35.5. The molecule has 0 aromatic heterocycles. The number of nitrogens with zero attached hydrogens (tertiary/aromatic N) is 4. The van der Waals surface area contributed by atoms with E-state index in [0.29, 0.717) is 0 Å². The predicted molar refractivity (Wildman–Crippen MR) is 67.7 cm³/mol. The zero-order valence-corrected chi connectivity index (χ0v) is 10.3. The fourth-order valence-electron chi connectivity index (χ4n) is 1.90. The Kier molecular flexibility index (Phi) is 3.50. The number of benzene rings is 2. The summed E-state index contributed by atoms with van der Waals surface area (Å²) in [6.07, 6.45) is 1.73. The second-order valence-electron chi connectivity index (χ2n) is 3.77. The monoisotopic (exact) mass is 258 g/mol. The van der Waals surface area contributed by atoms with Gasteiger partial charge in [0.1, 0.15) is 0 Å². The lowest BCUT2D eigenvalue weighted by Crippen LogP contribution is -3.00. The molecule has 0 unspecified atom stereocenters. The van der Waals surface area contributed by atoms with Crippen LogP contribution < -0.4 is 17.0 Å². The summed E-state index contributed by atoms with van der Waals surface area (Å²) in [7, 11) is 0. The molecular weight excluding hydrogens is 248 g/mol. The van der Waals surface area contributed by atoms with Crippen molar-refractivity contribution >= 4 is 17.7 Å². The Morgan fingerprint density at radius 2 is 1.22 bits per heavy atom. The molecule has 0 atom stereocenters. The minimum absolute atomic E-state index is 0. The van der Waals surface area contributed by atoms with Crippen LogP contribution in [0.3, 0.4) is 0 Å². The number of halogens is 1. The third kappa shape index (κ3) is 1.92. The van der Waals surface area contributed by atoms with Gasteiger partial charge in [-0.15, -0.1) is 0 Å². The van der Waals surface area contributed by atoms with Gasteiger partial charge in [-0.1, -0.05) is 46.1 Å². The van der Waals surface area contributed by atoms with E-state index in [1.165, 1.54) is 0 Å². The lowest BCUT2D eigenvalue weighted by molar-refractivity contribution is -0.00000337. The van der Waals surface area contributed by atoms with Crippen molar-refractivity contribution in [3.63, 3.8) is 0 Å². The van der Waals surface area contributed by atoms with Gasteiger partial charge < -0.3 is 12.4 Å². The Labute approximate surface area is 111 Å². The van der Waals surface area contributed by atoms with Crippen molar-refractivity contribution in [1.82, 2.24) is 4.59 Å². The van der Waals surface area contributed by atoms with E-state index in [4.69, 9.17) is 0 Å². The molecule has 0 fully saturated rings. The van der Waals surface area contributed by atoms with E-state index in [9.17, 15) is 0 Å². The lowest BCUT2D eigenvalue weighted by atomic mass is 10.2. The van der Waals surface area contributed by atoms with Crippen LogP contribution in [0.1, 0.15) is 0 Å². The maximum Gasteiger partial charge on any atom is 0.250 e. The molecule has 0 radical (unpaired) electrons. The zero-order valence-electron chi connectivity index (χ0n) is 9.52. The number of quaternary nitrogens is 1. The molecule has 5 heteroatoms. The molecule has 0 saturated carbocycles. The molecule has 1 aliphatic heterocycles. The van der Waals surface area contributed by atoms with Crippen molar-refractivity contribution in [3.05, 3.63) is 60.7 Å². The minimum atomic E-state index is 0. The molecule has 0 bridgehead atoms. The predicted octanol–water partition coefficient (Wildman–Crippen LogP) is 0.654. The third-order valence-electron chi connectivity index (χ3n) is 2.75.